The van der Waals surface area contributed by atoms with Gasteiger partial charge in [0, 0.05) is 12.8 Å². The molecule has 82 valence electrons. The highest BCUT2D eigenvalue weighted by molar-refractivity contribution is 6.08. The standard InChI is InChI=1S/C11H14O4/c1-3-4-7-8(12)5-11(2,10(14)15)6-9(7)13/h3,7H,1,4-6H2,2H3,(H,14,15). The summed E-state index contributed by atoms with van der Waals surface area (Å²) in [4.78, 5) is 34.1. The molecule has 1 aliphatic rings. The number of Topliss-reactive ketones (excluding diaryl/α,β-unsaturated/α-hetero) is 2. The molecule has 0 atom stereocenters. The van der Waals surface area contributed by atoms with Crippen LogP contribution in [-0.4, -0.2) is 22.6 Å². The van der Waals surface area contributed by atoms with E-state index in [1.165, 1.54) is 13.0 Å². The zero-order chi connectivity index (χ0) is 11.6. The molecule has 0 radical (unpaired) electrons. The van der Waals surface area contributed by atoms with E-state index in [2.05, 4.69) is 6.58 Å². The second kappa shape index (κ2) is 3.96. The number of carbonyl (C=O) groups is 3. The molecule has 0 amide bonds. The molecular weight excluding hydrogens is 196 g/mol. The zero-order valence-electron chi connectivity index (χ0n) is 8.66. The first-order valence-corrected chi connectivity index (χ1v) is 4.80. The fourth-order valence-corrected chi connectivity index (χ4v) is 1.84. The lowest BCUT2D eigenvalue weighted by atomic mass is 9.69. The Morgan fingerprint density at radius 1 is 1.53 bits per heavy atom. The van der Waals surface area contributed by atoms with Gasteiger partial charge in [0.15, 0.2) is 0 Å². The lowest BCUT2D eigenvalue weighted by Crippen LogP contribution is -2.43. The lowest BCUT2D eigenvalue weighted by Gasteiger charge is -2.31. The Morgan fingerprint density at radius 2 is 2.00 bits per heavy atom. The summed E-state index contributed by atoms with van der Waals surface area (Å²) in [5.74, 6) is -2.32. The summed E-state index contributed by atoms with van der Waals surface area (Å²) in [6, 6.07) is 0. The Bertz CT molecular complexity index is 311. The minimum Gasteiger partial charge on any atom is -0.481 e. The summed E-state index contributed by atoms with van der Waals surface area (Å²) in [7, 11) is 0. The van der Waals surface area contributed by atoms with E-state index in [4.69, 9.17) is 5.11 Å². The molecule has 0 aromatic carbocycles. The second-order valence-electron chi connectivity index (χ2n) is 4.23. The molecule has 0 aliphatic heterocycles. The van der Waals surface area contributed by atoms with Crippen LogP contribution in [0.2, 0.25) is 0 Å². The molecule has 0 heterocycles. The van der Waals surface area contributed by atoms with E-state index in [9.17, 15) is 14.4 Å². The largest absolute Gasteiger partial charge is 0.481 e. The van der Waals surface area contributed by atoms with Crippen LogP contribution in [0.25, 0.3) is 0 Å². The summed E-state index contributed by atoms with van der Waals surface area (Å²) in [5, 5.41) is 8.92. The Hall–Kier alpha value is -1.45. The summed E-state index contributed by atoms with van der Waals surface area (Å²) in [6.45, 7) is 4.91. The normalized spacial score (nSPS) is 31.4. The number of carboxylic acids is 1. The van der Waals surface area contributed by atoms with Crippen LogP contribution >= 0.6 is 0 Å². The topological polar surface area (TPSA) is 71.4 Å². The molecule has 15 heavy (non-hydrogen) atoms. The van der Waals surface area contributed by atoms with Gasteiger partial charge in [0.2, 0.25) is 0 Å². The number of carboxylic acid groups (broad SMARTS) is 1. The number of carbonyl (C=O) groups excluding carboxylic acids is 2. The first kappa shape index (κ1) is 11.6. The van der Waals surface area contributed by atoms with Crippen LogP contribution in [0.5, 0.6) is 0 Å². The van der Waals surface area contributed by atoms with Gasteiger partial charge in [-0.15, -0.1) is 6.58 Å². The molecule has 1 fully saturated rings. The number of aliphatic carboxylic acids is 1. The van der Waals surface area contributed by atoms with E-state index >= 15 is 0 Å². The van der Waals surface area contributed by atoms with Gasteiger partial charge in [-0.3, -0.25) is 14.4 Å². The molecule has 0 aromatic rings. The molecule has 1 saturated carbocycles. The van der Waals surface area contributed by atoms with Gasteiger partial charge < -0.3 is 5.11 Å². The van der Waals surface area contributed by atoms with Crippen LogP contribution in [-0.2, 0) is 14.4 Å². The monoisotopic (exact) mass is 210 g/mol. The fourth-order valence-electron chi connectivity index (χ4n) is 1.84. The van der Waals surface area contributed by atoms with Crippen LogP contribution in [0.15, 0.2) is 12.7 Å². The Balaban J connectivity index is 2.88. The van der Waals surface area contributed by atoms with Crippen LogP contribution in [0.1, 0.15) is 26.2 Å². The molecule has 0 aromatic heterocycles. The molecule has 1 N–H and O–H groups in total. The maximum absolute atomic E-state index is 11.6. The van der Waals surface area contributed by atoms with Crippen LogP contribution in [0.3, 0.4) is 0 Å². The van der Waals surface area contributed by atoms with E-state index in [0.717, 1.165) is 0 Å². The molecule has 0 bridgehead atoms. The van der Waals surface area contributed by atoms with E-state index in [1.54, 1.807) is 0 Å². The van der Waals surface area contributed by atoms with Crippen molar-refractivity contribution in [2.45, 2.75) is 26.2 Å². The minimum atomic E-state index is -1.22. The van der Waals surface area contributed by atoms with Crippen molar-refractivity contribution in [3.63, 3.8) is 0 Å². The fraction of sp³-hybridized carbons (Fsp3) is 0.545. The summed E-state index contributed by atoms with van der Waals surface area (Å²) >= 11 is 0. The van der Waals surface area contributed by atoms with Crippen LogP contribution in [0, 0.1) is 11.3 Å². The van der Waals surface area contributed by atoms with Crippen molar-refractivity contribution >= 4 is 17.5 Å². The van der Waals surface area contributed by atoms with Gasteiger partial charge in [-0.2, -0.15) is 0 Å². The highest BCUT2D eigenvalue weighted by atomic mass is 16.4. The first-order valence-electron chi connectivity index (χ1n) is 4.80. The molecule has 1 aliphatic carbocycles. The highest BCUT2D eigenvalue weighted by Gasteiger charge is 2.46. The minimum absolute atomic E-state index is 0.0629. The number of hydrogen-bond acceptors (Lipinski definition) is 3. The molecule has 4 heteroatoms. The SMILES string of the molecule is C=CCC1C(=O)CC(C)(C(=O)O)CC1=O. The number of rotatable bonds is 3. The van der Waals surface area contributed by atoms with Crippen LogP contribution < -0.4 is 0 Å². The summed E-state index contributed by atoms with van der Waals surface area (Å²) < 4.78 is 0. The molecule has 4 nitrogen and oxygen atoms in total. The third kappa shape index (κ3) is 2.14. The van der Waals surface area contributed by atoms with Gasteiger partial charge in [0.1, 0.15) is 11.6 Å². The third-order valence-corrected chi connectivity index (χ3v) is 2.82. The van der Waals surface area contributed by atoms with Gasteiger partial charge in [-0.05, 0) is 13.3 Å². The van der Waals surface area contributed by atoms with Gasteiger partial charge in [0.25, 0.3) is 0 Å². The van der Waals surface area contributed by atoms with Crippen molar-refractivity contribution in [1.29, 1.82) is 0 Å². The van der Waals surface area contributed by atoms with Crippen molar-refractivity contribution in [2.75, 3.05) is 0 Å². The van der Waals surface area contributed by atoms with Crippen molar-refractivity contribution in [3.05, 3.63) is 12.7 Å². The average molecular weight is 210 g/mol. The number of ketones is 2. The van der Waals surface area contributed by atoms with Gasteiger partial charge in [0.05, 0.1) is 11.3 Å². The predicted octanol–water partition coefficient (Wildman–Crippen LogP) is 1.20. The zero-order valence-corrected chi connectivity index (χ0v) is 8.66. The first-order chi connectivity index (χ1) is 6.90. The van der Waals surface area contributed by atoms with E-state index in [0.29, 0.717) is 6.42 Å². The maximum atomic E-state index is 11.6. The van der Waals surface area contributed by atoms with E-state index in [-0.39, 0.29) is 24.4 Å². The Morgan fingerprint density at radius 3 is 2.33 bits per heavy atom. The lowest BCUT2D eigenvalue weighted by molar-refractivity contribution is -0.157. The van der Waals surface area contributed by atoms with E-state index < -0.39 is 17.3 Å². The van der Waals surface area contributed by atoms with E-state index in [1.807, 2.05) is 0 Å². The highest BCUT2D eigenvalue weighted by Crippen LogP contribution is 2.35. The quantitative estimate of drug-likeness (QED) is 0.561. The van der Waals surface area contributed by atoms with Crippen molar-refractivity contribution in [2.24, 2.45) is 11.3 Å². The smallest absolute Gasteiger partial charge is 0.310 e. The van der Waals surface area contributed by atoms with Gasteiger partial charge in [-0.1, -0.05) is 6.08 Å². The Labute approximate surface area is 88.0 Å². The summed E-state index contributed by atoms with van der Waals surface area (Å²) in [6.07, 6.45) is 1.70. The van der Waals surface area contributed by atoms with Crippen molar-refractivity contribution in [3.8, 4) is 0 Å². The number of hydrogen-bond donors (Lipinski definition) is 1. The average Bonchev–Trinajstić information content (AvgIpc) is 2.11. The molecule has 0 saturated heterocycles. The van der Waals surface area contributed by atoms with Crippen molar-refractivity contribution < 1.29 is 19.5 Å². The molecular formula is C11H14O4. The molecule has 0 unspecified atom stereocenters. The van der Waals surface area contributed by atoms with Gasteiger partial charge >= 0.3 is 5.97 Å². The summed E-state index contributed by atoms with van der Waals surface area (Å²) in [5.41, 5.74) is -1.22. The maximum Gasteiger partial charge on any atom is 0.310 e. The third-order valence-electron chi connectivity index (χ3n) is 2.82. The molecule has 1 rings (SSSR count). The molecule has 0 spiro atoms. The van der Waals surface area contributed by atoms with Gasteiger partial charge in [-0.25, -0.2) is 0 Å². The number of allylic oxidation sites excluding steroid dienone is 1. The Kier molecular flexibility index (Phi) is 3.07. The van der Waals surface area contributed by atoms with Crippen molar-refractivity contribution in [1.82, 2.24) is 0 Å². The predicted molar refractivity (Wildman–Crippen MR) is 53.3 cm³/mol. The van der Waals surface area contributed by atoms with Crippen LogP contribution in [0.4, 0.5) is 0 Å². The second-order valence-corrected chi connectivity index (χ2v) is 4.23.